The lowest BCUT2D eigenvalue weighted by atomic mass is 9.92. The van der Waals surface area contributed by atoms with Gasteiger partial charge in [0.25, 0.3) is 11.5 Å². The zero-order valence-electron chi connectivity index (χ0n) is 15.9. The Kier molecular flexibility index (Phi) is 6.18. The van der Waals surface area contributed by atoms with Crippen molar-refractivity contribution < 1.29 is 4.79 Å². The molecule has 0 radical (unpaired) electrons. The van der Waals surface area contributed by atoms with Crippen LogP contribution in [0.4, 0.5) is 0 Å². The minimum absolute atomic E-state index is 0.00549. The van der Waals surface area contributed by atoms with Gasteiger partial charge >= 0.3 is 5.69 Å². The molecule has 1 aromatic carbocycles. The van der Waals surface area contributed by atoms with E-state index in [2.05, 4.69) is 25.8 Å². The molecule has 0 aliphatic carbocycles. The van der Waals surface area contributed by atoms with Crippen molar-refractivity contribution in [3.8, 4) is 0 Å². The highest BCUT2D eigenvalue weighted by molar-refractivity contribution is 5.93. The molecule has 0 saturated heterocycles. The van der Waals surface area contributed by atoms with E-state index >= 15 is 0 Å². The number of nitrogens with zero attached hydrogens (tertiary/aromatic N) is 2. The van der Waals surface area contributed by atoms with Crippen molar-refractivity contribution >= 4 is 5.91 Å². The van der Waals surface area contributed by atoms with Crippen LogP contribution in [0.3, 0.4) is 0 Å². The third-order valence-electron chi connectivity index (χ3n) is 4.27. The summed E-state index contributed by atoms with van der Waals surface area (Å²) in [5.74, 6) is -0.345. The predicted octanol–water partition coefficient (Wildman–Crippen LogP) is 2.19. The molecule has 0 fully saturated rings. The summed E-state index contributed by atoms with van der Waals surface area (Å²) in [6, 6.07) is 9.93. The van der Waals surface area contributed by atoms with Crippen LogP contribution in [0.5, 0.6) is 0 Å². The average molecular weight is 357 g/mol. The molecule has 0 unspecified atom stereocenters. The van der Waals surface area contributed by atoms with Gasteiger partial charge in [-0.2, -0.15) is 0 Å². The number of aromatic amines is 1. The molecular formula is C20H27N3O3. The topological polar surface area (TPSA) is 75.2 Å². The lowest BCUT2D eigenvalue weighted by Gasteiger charge is -2.27. The van der Waals surface area contributed by atoms with Crippen molar-refractivity contribution in [3.05, 3.63) is 68.5 Å². The molecule has 0 saturated carbocycles. The fourth-order valence-electron chi connectivity index (χ4n) is 2.58. The zero-order chi connectivity index (χ0) is 19.3. The minimum Gasteiger partial charge on any atom is -0.338 e. The molecule has 2 aromatic rings. The van der Waals surface area contributed by atoms with Crippen molar-refractivity contribution in [3.63, 3.8) is 0 Å². The molecule has 6 nitrogen and oxygen atoms in total. The highest BCUT2D eigenvalue weighted by atomic mass is 16.2. The third-order valence-corrected chi connectivity index (χ3v) is 4.27. The Morgan fingerprint density at radius 2 is 1.77 bits per heavy atom. The van der Waals surface area contributed by atoms with Gasteiger partial charge in [-0.25, -0.2) is 4.79 Å². The standard InChI is InChI=1S/C20H27N3O3/c1-20(2,3)11-13-23(12-10-15-8-6-5-7-9-15)18(25)16-14-22(4)19(26)21-17(16)24/h5-9,14H,10-13H2,1-4H3,(H,21,24,26). The highest BCUT2D eigenvalue weighted by Gasteiger charge is 2.22. The second kappa shape index (κ2) is 8.17. The van der Waals surface area contributed by atoms with Gasteiger partial charge < -0.3 is 9.47 Å². The number of hydrogen-bond acceptors (Lipinski definition) is 3. The van der Waals surface area contributed by atoms with Gasteiger partial charge in [-0.3, -0.25) is 14.6 Å². The number of carbonyl (C=O) groups is 1. The van der Waals surface area contributed by atoms with Crippen molar-refractivity contribution in [1.82, 2.24) is 14.5 Å². The zero-order valence-corrected chi connectivity index (χ0v) is 15.9. The lowest BCUT2D eigenvalue weighted by molar-refractivity contribution is 0.0737. The fraction of sp³-hybridized carbons (Fsp3) is 0.450. The monoisotopic (exact) mass is 357 g/mol. The first-order valence-electron chi connectivity index (χ1n) is 8.80. The minimum atomic E-state index is -0.640. The number of nitrogens with one attached hydrogen (secondary N) is 1. The number of carbonyl (C=O) groups excluding carboxylic acids is 1. The summed E-state index contributed by atoms with van der Waals surface area (Å²) >= 11 is 0. The lowest BCUT2D eigenvalue weighted by Crippen LogP contribution is -2.40. The maximum atomic E-state index is 13.0. The Bertz CT molecular complexity index is 860. The second-order valence-electron chi connectivity index (χ2n) is 7.75. The van der Waals surface area contributed by atoms with Gasteiger partial charge in [0.2, 0.25) is 0 Å². The van der Waals surface area contributed by atoms with Crippen molar-refractivity contribution in [2.24, 2.45) is 12.5 Å². The smallest absolute Gasteiger partial charge is 0.328 e. The van der Waals surface area contributed by atoms with E-state index in [0.29, 0.717) is 19.5 Å². The summed E-state index contributed by atoms with van der Waals surface area (Å²) < 4.78 is 1.22. The summed E-state index contributed by atoms with van der Waals surface area (Å²) in [6.07, 6.45) is 2.84. The Labute approximate surface area is 153 Å². The number of aryl methyl sites for hydroxylation is 1. The molecule has 0 spiro atoms. The maximum Gasteiger partial charge on any atom is 0.328 e. The van der Waals surface area contributed by atoms with E-state index in [4.69, 9.17) is 0 Å². The van der Waals surface area contributed by atoms with Crippen LogP contribution in [0.15, 0.2) is 46.1 Å². The van der Waals surface area contributed by atoms with Crippen LogP contribution < -0.4 is 11.2 Å². The number of amides is 1. The first-order valence-corrected chi connectivity index (χ1v) is 8.80. The van der Waals surface area contributed by atoms with E-state index in [9.17, 15) is 14.4 Å². The number of benzene rings is 1. The van der Waals surface area contributed by atoms with Crippen molar-refractivity contribution in [2.75, 3.05) is 13.1 Å². The number of rotatable bonds is 6. The molecule has 1 N–H and O–H groups in total. The van der Waals surface area contributed by atoms with Gasteiger partial charge in [-0.05, 0) is 23.8 Å². The number of aromatic nitrogens is 2. The Morgan fingerprint density at radius 1 is 1.12 bits per heavy atom. The van der Waals surface area contributed by atoms with E-state index < -0.39 is 11.2 Å². The fourth-order valence-corrected chi connectivity index (χ4v) is 2.58. The molecule has 1 amide bonds. The molecule has 1 heterocycles. The summed E-state index contributed by atoms with van der Waals surface area (Å²) in [4.78, 5) is 40.5. The summed E-state index contributed by atoms with van der Waals surface area (Å²) in [5, 5.41) is 0. The Balaban J connectivity index is 2.24. The number of H-pyrrole nitrogens is 1. The van der Waals surface area contributed by atoms with E-state index in [1.165, 1.54) is 17.8 Å². The van der Waals surface area contributed by atoms with Crippen molar-refractivity contribution in [1.29, 1.82) is 0 Å². The third kappa shape index (κ3) is 5.44. The quantitative estimate of drug-likeness (QED) is 0.861. The normalized spacial score (nSPS) is 11.4. The SMILES string of the molecule is Cn1cc(C(=O)N(CCc2ccccc2)CCC(C)(C)C)c(=O)[nH]c1=O. The van der Waals surface area contributed by atoms with Gasteiger partial charge in [0.05, 0.1) is 0 Å². The van der Waals surface area contributed by atoms with Crippen LogP contribution in [0, 0.1) is 5.41 Å². The first kappa shape index (κ1) is 19.7. The molecule has 0 atom stereocenters. The Hall–Kier alpha value is -2.63. The van der Waals surface area contributed by atoms with E-state index in [-0.39, 0.29) is 16.9 Å². The molecular weight excluding hydrogens is 330 g/mol. The van der Waals surface area contributed by atoms with Gasteiger partial charge in [0.1, 0.15) is 5.56 Å². The van der Waals surface area contributed by atoms with Crippen LogP contribution in [0.1, 0.15) is 43.1 Å². The highest BCUT2D eigenvalue weighted by Crippen LogP contribution is 2.19. The van der Waals surface area contributed by atoms with Gasteiger partial charge in [0.15, 0.2) is 0 Å². The van der Waals surface area contributed by atoms with Crippen LogP contribution in [0.2, 0.25) is 0 Å². The summed E-state index contributed by atoms with van der Waals surface area (Å²) in [5.41, 5.74) is 0.0291. The predicted molar refractivity (Wildman–Crippen MR) is 102 cm³/mol. The van der Waals surface area contributed by atoms with Gasteiger partial charge in [0, 0.05) is 26.3 Å². The van der Waals surface area contributed by atoms with Gasteiger partial charge in [-0.15, -0.1) is 0 Å². The van der Waals surface area contributed by atoms with E-state index in [0.717, 1.165) is 12.0 Å². The molecule has 0 aliphatic rings. The average Bonchev–Trinajstić information content (AvgIpc) is 2.57. The second-order valence-corrected chi connectivity index (χ2v) is 7.75. The molecule has 1 aromatic heterocycles. The Morgan fingerprint density at radius 3 is 2.38 bits per heavy atom. The van der Waals surface area contributed by atoms with Crippen LogP contribution >= 0.6 is 0 Å². The molecule has 0 aliphatic heterocycles. The first-order chi connectivity index (χ1) is 12.2. The molecule has 6 heteroatoms. The van der Waals surface area contributed by atoms with Crippen LogP contribution in [-0.2, 0) is 13.5 Å². The molecule has 0 bridgehead atoms. The van der Waals surface area contributed by atoms with Crippen LogP contribution in [0.25, 0.3) is 0 Å². The van der Waals surface area contributed by atoms with Crippen LogP contribution in [-0.4, -0.2) is 33.4 Å². The van der Waals surface area contributed by atoms with E-state index in [1.807, 2.05) is 30.3 Å². The van der Waals surface area contributed by atoms with Crippen molar-refractivity contribution in [2.45, 2.75) is 33.6 Å². The summed E-state index contributed by atoms with van der Waals surface area (Å²) in [7, 11) is 1.51. The largest absolute Gasteiger partial charge is 0.338 e. The van der Waals surface area contributed by atoms with E-state index in [1.54, 1.807) is 4.90 Å². The molecule has 2 rings (SSSR count). The summed E-state index contributed by atoms with van der Waals surface area (Å²) in [6.45, 7) is 7.42. The molecule has 140 valence electrons. The van der Waals surface area contributed by atoms with Gasteiger partial charge in [-0.1, -0.05) is 51.1 Å². The number of hydrogen-bond donors (Lipinski definition) is 1. The maximum absolute atomic E-state index is 13.0. The molecule has 26 heavy (non-hydrogen) atoms.